The van der Waals surface area contributed by atoms with Gasteiger partial charge in [0.05, 0.1) is 11.0 Å². The van der Waals surface area contributed by atoms with E-state index in [1.54, 1.807) is 0 Å². The number of rotatable bonds is 7. The SMILES string of the molecule is c1cc(-c2ccc(N(c3cccc(-c4cccc5oc6ccccc6c45)c3)c3ccc4ccc5ccccc5c4c3)cc2)cc(-c2cccc(-n3c4ccccc4c4ccccc43)c2)c1. The fraction of sp³-hybridized carbons (Fsp3) is 0. The lowest BCUT2D eigenvalue weighted by molar-refractivity contribution is 0.669. The van der Waals surface area contributed by atoms with E-state index in [2.05, 4.69) is 240 Å². The van der Waals surface area contributed by atoms with Crippen LogP contribution in [-0.4, -0.2) is 4.57 Å². The average Bonchev–Trinajstić information content (AvgIpc) is 3.93. The zero-order valence-corrected chi connectivity index (χ0v) is 35.4. The summed E-state index contributed by atoms with van der Waals surface area (Å²) >= 11 is 0. The van der Waals surface area contributed by atoms with Crippen molar-refractivity contribution in [1.29, 1.82) is 0 Å². The second-order valence-electron chi connectivity index (χ2n) is 16.9. The normalized spacial score (nSPS) is 11.7. The van der Waals surface area contributed by atoms with E-state index in [9.17, 15) is 0 Å². The molecule has 0 N–H and O–H groups in total. The van der Waals surface area contributed by atoms with Crippen LogP contribution < -0.4 is 4.90 Å². The lowest BCUT2D eigenvalue weighted by Gasteiger charge is -2.27. The summed E-state index contributed by atoms with van der Waals surface area (Å²) < 4.78 is 8.71. The van der Waals surface area contributed by atoms with Crippen molar-refractivity contribution in [1.82, 2.24) is 4.57 Å². The molecular formula is C62H40N2O. The van der Waals surface area contributed by atoms with Gasteiger partial charge in [0.2, 0.25) is 0 Å². The minimum absolute atomic E-state index is 0.892. The Kier molecular flexibility index (Phi) is 8.53. The predicted molar refractivity (Wildman–Crippen MR) is 274 cm³/mol. The third-order valence-electron chi connectivity index (χ3n) is 13.1. The Balaban J connectivity index is 0.905. The highest BCUT2D eigenvalue weighted by atomic mass is 16.3. The van der Waals surface area contributed by atoms with Crippen molar-refractivity contribution in [2.75, 3.05) is 4.90 Å². The molecule has 0 aliphatic carbocycles. The number of aromatic nitrogens is 1. The number of fused-ring (bicyclic) bond motifs is 9. The molecule has 0 amide bonds. The number of para-hydroxylation sites is 3. The van der Waals surface area contributed by atoms with Gasteiger partial charge >= 0.3 is 0 Å². The van der Waals surface area contributed by atoms with Crippen LogP contribution in [0.2, 0.25) is 0 Å². The second-order valence-corrected chi connectivity index (χ2v) is 16.9. The van der Waals surface area contributed by atoms with Crippen LogP contribution in [0.5, 0.6) is 0 Å². The molecule has 11 aromatic carbocycles. The van der Waals surface area contributed by atoms with Gasteiger partial charge in [0.25, 0.3) is 0 Å². The molecule has 3 heteroatoms. The van der Waals surface area contributed by atoms with Crippen LogP contribution in [0.3, 0.4) is 0 Å². The van der Waals surface area contributed by atoms with Gasteiger partial charge in [-0.3, -0.25) is 0 Å². The van der Waals surface area contributed by atoms with Crippen LogP contribution in [0, 0.1) is 0 Å². The molecule has 0 aliphatic rings. The van der Waals surface area contributed by atoms with E-state index >= 15 is 0 Å². The first-order chi connectivity index (χ1) is 32.2. The summed E-state index contributed by atoms with van der Waals surface area (Å²) in [5.74, 6) is 0. The molecule has 0 saturated carbocycles. The van der Waals surface area contributed by atoms with Crippen molar-refractivity contribution >= 4 is 82.4 Å². The third kappa shape index (κ3) is 6.20. The summed E-state index contributed by atoms with van der Waals surface area (Å²) in [6.07, 6.45) is 0. The molecule has 2 aromatic heterocycles. The van der Waals surface area contributed by atoms with Gasteiger partial charge in [-0.25, -0.2) is 0 Å². The molecule has 0 aliphatic heterocycles. The first kappa shape index (κ1) is 36.9. The molecular weight excluding hydrogens is 789 g/mol. The topological polar surface area (TPSA) is 21.3 Å². The van der Waals surface area contributed by atoms with Crippen molar-refractivity contribution < 1.29 is 4.42 Å². The monoisotopic (exact) mass is 828 g/mol. The van der Waals surface area contributed by atoms with Gasteiger partial charge in [-0.1, -0.05) is 164 Å². The van der Waals surface area contributed by atoms with Crippen molar-refractivity contribution in [3.8, 4) is 39.1 Å². The summed E-state index contributed by atoms with van der Waals surface area (Å²) in [6.45, 7) is 0. The first-order valence-electron chi connectivity index (χ1n) is 22.2. The summed E-state index contributed by atoms with van der Waals surface area (Å²) in [7, 11) is 0. The predicted octanol–water partition coefficient (Wildman–Crippen LogP) is 17.5. The molecule has 0 fully saturated rings. The number of nitrogens with zero attached hydrogens (tertiary/aromatic N) is 2. The highest BCUT2D eigenvalue weighted by Gasteiger charge is 2.18. The highest BCUT2D eigenvalue weighted by Crippen LogP contribution is 2.43. The average molecular weight is 829 g/mol. The van der Waals surface area contributed by atoms with Gasteiger partial charge in [-0.2, -0.15) is 0 Å². The molecule has 0 spiro atoms. The molecule has 65 heavy (non-hydrogen) atoms. The van der Waals surface area contributed by atoms with Crippen LogP contribution in [0.25, 0.3) is 104 Å². The van der Waals surface area contributed by atoms with Gasteiger partial charge < -0.3 is 13.9 Å². The van der Waals surface area contributed by atoms with Gasteiger partial charge in [-0.15, -0.1) is 0 Å². The molecule has 304 valence electrons. The second kappa shape index (κ2) is 15.0. The van der Waals surface area contributed by atoms with E-state index in [-0.39, 0.29) is 0 Å². The zero-order chi connectivity index (χ0) is 42.8. The van der Waals surface area contributed by atoms with Crippen LogP contribution in [0.15, 0.2) is 247 Å². The molecule has 0 bridgehead atoms. The van der Waals surface area contributed by atoms with Gasteiger partial charge in [0.15, 0.2) is 0 Å². The molecule has 0 saturated heterocycles. The standard InChI is InChI=1S/C62H40N2O/c1-2-20-52-42(13-1)29-30-43-33-36-51(40-57(43)52)63(49-18-11-17-47(39-49)53-24-12-28-61-62(53)56-23-5-8-27-60(56)65-61)48-34-31-41(32-35-48)44-14-9-15-45(37-44)46-16-10-19-50(38-46)64-58-25-6-3-21-54(58)55-22-4-7-26-59(55)64/h1-40H. The van der Waals surface area contributed by atoms with E-state index in [4.69, 9.17) is 4.42 Å². The van der Waals surface area contributed by atoms with Crippen molar-refractivity contribution in [3.63, 3.8) is 0 Å². The van der Waals surface area contributed by atoms with E-state index < -0.39 is 0 Å². The summed E-state index contributed by atoms with van der Waals surface area (Å²) in [5.41, 5.74) is 15.6. The molecule has 13 aromatic rings. The lowest BCUT2D eigenvalue weighted by atomic mass is 9.97. The van der Waals surface area contributed by atoms with E-state index in [1.165, 1.54) is 60.0 Å². The maximum absolute atomic E-state index is 6.32. The Morgan fingerprint density at radius 2 is 0.862 bits per heavy atom. The van der Waals surface area contributed by atoms with E-state index in [1.807, 2.05) is 12.1 Å². The molecule has 3 nitrogen and oxygen atoms in total. The van der Waals surface area contributed by atoms with Crippen LogP contribution in [-0.2, 0) is 0 Å². The van der Waals surface area contributed by atoms with Crippen LogP contribution in [0.1, 0.15) is 0 Å². The Morgan fingerprint density at radius 1 is 0.308 bits per heavy atom. The number of hydrogen-bond donors (Lipinski definition) is 0. The fourth-order valence-corrected chi connectivity index (χ4v) is 10.1. The van der Waals surface area contributed by atoms with Crippen molar-refractivity contribution in [3.05, 3.63) is 243 Å². The summed E-state index contributed by atoms with van der Waals surface area (Å²) in [5, 5.41) is 9.71. The lowest BCUT2D eigenvalue weighted by Crippen LogP contribution is -2.10. The molecule has 0 unspecified atom stereocenters. The summed E-state index contributed by atoms with van der Waals surface area (Å²) in [4.78, 5) is 2.39. The minimum Gasteiger partial charge on any atom is -0.456 e. The summed E-state index contributed by atoms with van der Waals surface area (Å²) in [6, 6.07) is 87.8. The largest absolute Gasteiger partial charge is 0.456 e. The zero-order valence-electron chi connectivity index (χ0n) is 35.4. The van der Waals surface area contributed by atoms with Crippen molar-refractivity contribution in [2.24, 2.45) is 0 Å². The maximum Gasteiger partial charge on any atom is 0.136 e. The molecule has 13 rings (SSSR count). The Labute approximate surface area is 376 Å². The molecule has 0 atom stereocenters. The number of anilines is 3. The Bertz CT molecular complexity index is 3910. The smallest absolute Gasteiger partial charge is 0.136 e. The first-order valence-corrected chi connectivity index (χ1v) is 22.2. The van der Waals surface area contributed by atoms with Crippen LogP contribution >= 0.6 is 0 Å². The quantitative estimate of drug-likeness (QED) is 0.149. The maximum atomic E-state index is 6.32. The number of furan rings is 1. The van der Waals surface area contributed by atoms with Gasteiger partial charge in [0.1, 0.15) is 11.2 Å². The number of benzene rings is 11. The van der Waals surface area contributed by atoms with Crippen molar-refractivity contribution in [2.45, 2.75) is 0 Å². The van der Waals surface area contributed by atoms with Gasteiger partial charge in [-0.05, 0) is 134 Å². The van der Waals surface area contributed by atoms with Crippen LogP contribution in [0.4, 0.5) is 17.1 Å². The Morgan fingerprint density at radius 3 is 1.66 bits per heavy atom. The Hall–Kier alpha value is -8.66. The number of hydrogen-bond acceptors (Lipinski definition) is 2. The minimum atomic E-state index is 0.892. The highest BCUT2D eigenvalue weighted by molar-refractivity contribution is 6.13. The van der Waals surface area contributed by atoms with E-state index in [0.29, 0.717) is 0 Å². The molecule has 0 radical (unpaired) electrons. The molecule has 2 heterocycles. The fourth-order valence-electron chi connectivity index (χ4n) is 10.1. The van der Waals surface area contributed by atoms with E-state index in [0.717, 1.165) is 61.4 Å². The van der Waals surface area contributed by atoms with Gasteiger partial charge in [0, 0.05) is 44.3 Å². The third-order valence-corrected chi connectivity index (χ3v) is 13.1.